The van der Waals surface area contributed by atoms with Gasteiger partial charge < -0.3 is 16.0 Å². The standard InChI is InChI=1S/C29H28F2N6O2/c1-17-20(16-35-37-17)14-23-21-8-6-18(13-26(21)36-29(23)39)4-2-10-32-27-22(5-3-11-33-27)28(38)34-15-19-7-9-24(30)25(31)12-19/h2-9,11-14,17,20,35,37H,10,15-16H2,1H3,(H,32,33)(H,34,38)(H,36,39)/b4-2+,23-14-. The summed E-state index contributed by atoms with van der Waals surface area (Å²) in [4.78, 5) is 29.5. The van der Waals surface area contributed by atoms with Crippen molar-refractivity contribution in [3.8, 4) is 0 Å². The predicted molar refractivity (Wildman–Crippen MR) is 146 cm³/mol. The molecule has 3 heterocycles. The molecule has 2 aromatic carbocycles. The molecule has 0 bridgehead atoms. The Labute approximate surface area is 224 Å². The van der Waals surface area contributed by atoms with Crippen molar-refractivity contribution < 1.29 is 18.4 Å². The summed E-state index contributed by atoms with van der Waals surface area (Å²) in [5.41, 5.74) is 10.3. The maximum atomic E-state index is 13.4. The molecular formula is C29H28F2N6O2. The first kappa shape index (κ1) is 26.2. The van der Waals surface area contributed by atoms with Crippen molar-refractivity contribution in [3.63, 3.8) is 0 Å². The van der Waals surface area contributed by atoms with Gasteiger partial charge in [-0.2, -0.15) is 0 Å². The topological polar surface area (TPSA) is 107 Å². The summed E-state index contributed by atoms with van der Waals surface area (Å²) in [6, 6.07) is 12.8. The van der Waals surface area contributed by atoms with Crippen molar-refractivity contribution in [3.05, 3.63) is 101 Å². The van der Waals surface area contributed by atoms with Crippen molar-refractivity contribution in [1.82, 2.24) is 21.2 Å². The highest BCUT2D eigenvalue weighted by atomic mass is 19.2. The Morgan fingerprint density at radius 2 is 2.03 bits per heavy atom. The highest BCUT2D eigenvalue weighted by Gasteiger charge is 2.28. The van der Waals surface area contributed by atoms with Crippen LogP contribution in [0, 0.1) is 17.6 Å². The number of carbonyl (C=O) groups is 2. The maximum Gasteiger partial charge on any atom is 0.256 e. The van der Waals surface area contributed by atoms with E-state index in [-0.39, 0.29) is 24.4 Å². The lowest BCUT2D eigenvalue weighted by atomic mass is 9.96. The molecule has 2 aliphatic rings. The Bertz CT molecular complexity index is 1470. The summed E-state index contributed by atoms with van der Waals surface area (Å²) in [6.07, 6.45) is 7.41. The SMILES string of the molecule is CC1NNCC1/C=C1\C(=O)Nc2cc(/C=C/CNc3ncccc3C(=O)NCc3ccc(F)c(F)c3)ccc21. The van der Waals surface area contributed by atoms with Crippen LogP contribution in [-0.2, 0) is 11.3 Å². The molecule has 0 aliphatic carbocycles. The summed E-state index contributed by atoms with van der Waals surface area (Å²) >= 11 is 0. The highest BCUT2D eigenvalue weighted by molar-refractivity contribution is 6.31. The summed E-state index contributed by atoms with van der Waals surface area (Å²) in [5, 5.41) is 8.78. The van der Waals surface area contributed by atoms with Gasteiger partial charge in [0.15, 0.2) is 11.6 Å². The molecule has 10 heteroatoms. The fourth-order valence-electron chi connectivity index (χ4n) is 4.53. The number of hydrogen-bond donors (Lipinski definition) is 5. The third-order valence-electron chi connectivity index (χ3n) is 6.70. The number of fused-ring (bicyclic) bond motifs is 1. The average molecular weight is 531 g/mol. The first-order valence-electron chi connectivity index (χ1n) is 12.6. The van der Waals surface area contributed by atoms with Crippen LogP contribution in [0.3, 0.4) is 0 Å². The van der Waals surface area contributed by atoms with Crippen LogP contribution in [-0.4, -0.2) is 35.9 Å². The number of benzene rings is 2. The highest BCUT2D eigenvalue weighted by Crippen LogP contribution is 2.34. The maximum absolute atomic E-state index is 13.4. The molecule has 0 saturated carbocycles. The number of halogens is 2. The quantitative estimate of drug-likeness (QED) is 0.283. The zero-order valence-electron chi connectivity index (χ0n) is 21.2. The van der Waals surface area contributed by atoms with Crippen LogP contribution in [0.1, 0.15) is 34.0 Å². The Kier molecular flexibility index (Phi) is 7.76. The van der Waals surface area contributed by atoms with E-state index in [1.54, 1.807) is 18.3 Å². The van der Waals surface area contributed by atoms with Gasteiger partial charge in [0.1, 0.15) is 5.82 Å². The van der Waals surface area contributed by atoms with Gasteiger partial charge in [-0.3, -0.25) is 20.4 Å². The van der Waals surface area contributed by atoms with Crippen molar-refractivity contribution in [1.29, 1.82) is 0 Å². The molecule has 8 nitrogen and oxygen atoms in total. The van der Waals surface area contributed by atoms with Crippen LogP contribution < -0.4 is 26.8 Å². The minimum atomic E-state index is -0.964. The van der Waals surface area contributed by atoms with E-state index in [1.807, 2.05) is 36.4 Å². The number of nitrogens with one attached hydrogen (secondary N) is 5. The zero-order chi connectivity index (χ0) is 27.4. The number of pyridine rings is 1. The first-order chi connectivity index (χ1) is 18.9. The van der Waals surface area contributed by atoms with Crippen LogP contribution in [0.15, 0.2) is 66.9 Å². The lowest BCUT2D eigenvalue weighted by Gasteiger charge is -2.10. The van der Waals surface area contributed by atoms with Gasteiger partial charge in [-0.25, -0.2) is 13.8 Å². The second-order valence-electron chi connectivity index (χ2n) is 9.43. The molecule has 3 aromatic rings. The number of nitrogens with zero attached hydrogens (tertiary/aromatic N) is 1. The third kappa shape index (κ3) is 6.02. The summed E-state index contributed by atoms with van der Waals surface area (Å²) < 4.78 is 26.6. The number of hydrazine groups is 1. The molecule has 2 amide bonds. The number of hydrogen-bond acceptors (Lipinski definition) is 6. The van der Waals surface area contributed by atoms with E-state index < -0.39 is 17.5 Å². The van der Waals surface area contributed by atoms with E-state index >= 15 is 0 Å². The van der Waals surface area contributed by atoms with Crippen molar-refractivity contribution in [2.45, 2.75) is 19.5 Å². The molecular weight excluding hydrogens is 502 g/mol. The Balaban J connectivity index is 1.19. The minimum absolute atomic E-state index is 0.0451. The average Bonchev–Trinajstić information content (AvgIpc) is 3.48. The molecule has 2 aliphatic heterocycles. The molecule has 0 radical (unpaired) electrons. The van der Waals surface area contributed by atoms with E-state index in [9.17, 15) is 18.4 Å². The number of anilines is 2. The molecule has 2 unspecified atom stereocenters. The molecule has 39 heavy (non-hydrogen) atoms. The fourth-order valence-corrected chi connectivity index (χ4v) is 4.53. The molecule has 1 aromatic heterocycles. The molecule has 5 rings (SSSR count). The van der Waals surface area contributed by atoms with Gasteiger partial charge in [0.25, 0.3) is 11.8 Å². The van der Waals surface area contributed by atoms with Crippen LogP contribution in [0.25, 0.3) is 11.6 Å². The van der Waals surface area contributed by atoms with Crippen LogP contribution in [0.2, 0.25) is 0 Å². The van der Waals surface area contributed by atoms with E-state index in [4.69, 9.17) is 0 Å². The van der Waals surface area contributed by atoms with Crippen LogP contribution in [0.4, 0.5) is 20.3 Å². The van der Waals surface area contributed by atoms with E-state index in [2.05, 4.69) is 38.7 Å². The zero-order valence-corrected chi connectivity index (χ0v) is 21.2. The number of carbonyl (C=O) groups excluding carboxylic acids is 2. The van der Waals surface area contributed by atoms with Gasteiger partial charge in [0.05, 0.1) is 5.56 Å². The molecule has 0 spiro atoms. The van der Waals surface area contributed by atoms with E-state index in [0.29, 0.717) is 29.1 Å². The predicted octanol–water partition coefficient (Wildman–Crippen LogP) is 3.86. The van der Waals surface area contributed by atoms with E-state index in [1.165, 1.54) is 6.07 Å². The lowest BCUT2D eigenvalue weighted by molar-refractivity contribution is -0.110. The Morgan fingerprint density at radius 3 is 2.82 bits per heavy atom. The molecule has 2 atom stereocenters. The van der Waals surface area contributed by atoms with Crippen LogP contribution >= 0.6 is 0 Å². The van der Waals surface area contributed by atoms with Crippen molar-refractivity contribution in [2.75, 3.05) is 23.7 Å². The van der Waals surface area contributed by atoms with Gasteiger partial charge in [-0.15, -0.1) is 0 Å². The summed E-state index contributed by atoms with van der Waals surface area (Å²) in [6.45, 7) is 3.29. The number of aromatic nitrogens is 1. The smallest absolute Gasteiger partial charge is 0.256 e. The third-order valence-corrected chi connectivity index (χ3v) is 6.70. The second-order valence-corrected chi connectivity index (χ2v) is 9.43. The summed E-state index contributed by atoms with van der Waals surface area (Å²) in [5.74, 6) is -1.77. The molecule has 1 fully saturated rings. The van der Waals surface area contributed by atoms with E-state index in [0.717, 1.165) is 35.5 Å². The van der Waals surface area contributed by atoms with Crippen LogP contribution in [0.5, 0.6) is 0 Å². The molecule has 5 N–H and O–H groups in total. The largest absolute Gasteiger partial charge is 0.366 e. The Morgan fingerprint density at radius 1 is 1.15 bits per heavy atom. The van der Waals surface area contributed by atoms with Gasteiger partial charge in [0.2, 0.25) is 0 Å². The van der Waals surface area contributed by atoms with Gasteiger partial charge in [-0.1, -0.05) is 36.4 Å². The van der Waals surface area contributed by atoms with Crippen molar-refractivity contribution >= 4 is 35.0 Å². The lowest BCUT2D eigenvalue weighted by Crippen LogP contribution is -2.28. The first-order valence-corrected chi connectivity index (χ1v) is 12.6. The monoisotopic (exact) mass is 530 g/mol. The number of rotatable bonds is 8. The molecule has 200 valence electrons. The van der Waals surface area contributed by atoms with Gasteiger partial charge in [-0.05, 0) is 48.4 Å². The number of amides is 2. The molecule has 1 saturated heterocycles. The second kappa shape index (κ2) is 11.5. The van der Waals surface area contributed by atoms with Crippen molar-refractivity contribution in [2.24, 2.45) is 5.92 Å². The minimum Gasteiger partial charge on any atom is -0.366 e. The van der Waals surface area contributed by atoms with Gasteiger partial charge in [0, 0.05) is 54.6 Å². The normalized spacial score (nSPS) is 19.4. The Hall–Kier alpha value is -4.41. The van der Waals surface area contributed by atoms with Gasteiger partial charge >= 0.3 is 0 Å². The summed E-state index contributed by atoms with van der Waals surface area (Å²) in [7, 11) is 0. The fraction of sp³-hybridized carbons (Fsp3) is 0.207.